The van der Waals surface area contributed by atoms with Crippen molar-refractivity contribution < 1.29 is 4.79 Å². The van der Waals surface area contributed by atoms with E-state index in [1.807, 2.05) is 19.2 Å². The summed E-state index contributed by atoms with van der Waals surface area (Å²) in [5.74, 6) is 0.527. The second-order valence-corrected chi connectivity index (χ2v) is 5.60. The number of carbonyl (C=O) groups is 1. The van der Waals surface area contributed by atoms with Gasteiger partial charge < -0.3 is 15.6 Å². The molecule has 4 heteroatoms. The molecule has 108 valence electrons. The van der Waals surface area contributed by atoms with Gasteiger partial charge in [-0.3, -0.25) is 4.79 Å². The highest BCUT2D eigenvalue weighted by Crippen LogP contribution is 2.17. The van der Waals surface area contributed by atoms with Crippen LogP contribution in [0.5, 0.6) is 0 Å². The van der Waals surface area contributed by atoms with Gasteiger partial charge >= 0.3 is 0 Å². The summed E-state index contributed by atoms with van der Waals surface area (Å²) in [5.41, 5.74) is 2.33. The fourth-order valence-electron chi connectivity index (χ4n) is 2.12. The summed E-state index contributed by atoms with van der Waals surface area (Å²) in [6.07, 6.45) is 1.94. The van der Waals surface area contributed by atoms with E-state index in [1.54, 1.807) is 0 Å². The molecule has 0 aliphatic heterocycles. The molecule has 0 fully saturated rings. The van der Waals surface area contributed by atoms with Gasteiger partial charge in [-0.25, -0.2) is 0 Å². The molecule has 20 heavy (non-hydrogen) atoms. The van der Waals surface area contributed by atoms with Gasteiger partial charge in [0, 0.05) is 30.2 Å². The summed E-state index contributed by atoms with van der Waals surface area (Å²) >= 11 is 0. The molecule has 1 heterocycles. The van der Waals surface area contributed by atoms with E-state index in [-0.39, 0.29) is 11.9 Å². The normalized spacial score (nSPS) is 12.8. The van der Waals surface area contributed by atoms with E-state index in [0.717, 1.165) is 12.1 Å². The number of rotatable bonds is 6. The van der Waals surface area contributed by atoms with Crippen LogP contribution in [0, 0.1) is 5.92 Å². The molecule has 0 spiro atoms. The number of amides is 1. The van der Waals surface area contributed by atoms with E-state index in [0.29, 0.717) is 12.5 Å². The lowest BCUT2D eigenvalue weighted by Gasteiger charge is -2.15. The van der Waals surface area contributed by atoms with Crippen LogP contribution >= 0.6 is 0 Å². The molecule has 1 aromatic heterocycles. The molecule has 0 aliphatic carbocycles. The number of benzene rings is 1. The van der Waals surface area contributed by atoms with Crippen LogP contribution in [0.1, 0.15) is 26.3 Å². The van der Waals surface area contributed by atoms with Crippen molar-refractivity contribution in [3.63, 3.8) is 0 Å². The lowest BCUT2D eigenvalue weighted by molar-refractivity contribution is -0.122. The highest BCUT2D eigenvalue weighted by Gasteiger charge is 2.12. The Hall–Kier alpha value is -1.81. The van der Waals surface area contributed by atoms with Crippen LogP contribution in [0.3, 0.4) is 0 Å². The van der Waals surface area contributed by atoms with E-state index in [9.17, 15) is 4.79 Å². The predicted molar refractivity (Wildman–Crippen MR) is 82.4 cm³/mol. The highest BCUT2D eigenvalue weighted by atomic mass is 16.2. The Balaban J connectivity index is 1.91. The fraction of sp³-hybridized carbons (Fsp3) is 0.438. The van der Waals surface area contributed by atoms with Gasteiger partial charge in [0.15, 0.2) is 0 Å². The molecular weight excluding hydrogens is 250 g/mol. The van der Waals surface area contributed by atoms with E-state index >= 15 is 0 Å². The summed E-state index contributed by atoms with van der Waals surface area (Å²) in [5, 5.41) is 7.42. The third-order valence-electron chi connectivity index (χ3n) is 3.36. The van der Waals surface area contributed by atoms with Crippen LogP contribution in [0.25, 0.3) is 10.9 Å². The molecule has 3 N–H and O–H groups in total. The number of fused-ring (bicyclic) bond motifs is 1. The molecule has 1 atom stereocenters. The first kappa shape index (κ1) is 14.6. The SMILES string of the molecule is CC(C)CNC(=O)C(C)NCc1cccc2[nH]ccc12. The van der Waals surface area contributed by atoms with Crippen molar-refractivity contribution in [3.05, 3.63) is 36.0 Å². The molecule has 0 bridgehead atoms. The summed E-state index contributed by atoms with van der Waals surface area (Å²) < 4.78 is 0. The molecule has 1 aromatic carbocycles. The first-order chi connectivity index (χ1) is 9.58. The van der Waals surface area contributed by atoms with Crippen LogP contribution in [-0.4, -0.2) is 23.5 Å². The first-order valence-corrected chi connectivity index (χ1v) is 7.14. The number of nitrogens with one attached hydrogen (secondary N) is 3. The predicted octanol–water partition coefficient (Wildman–Crippen LogP) is 2.42. The van der Waals surface area contributed by atoms with Crippen molar-refractivity contribution in [3.8, 4) is 0 Å². The third-order valence-corrected chi connectivity index (χ3v) is 3.36. The quantitative estimate of drug-likeness (QED) is 0.757. The second-order valence-electron chi connectivity index (χ2n) is 5.60. The average molecular weight is 273 g/mol. The fourth-order valence-corrected chi connectivity index (χ4v) is 2.12. The Kier molecular flexibility index (Phi) is 4.79. The van der Waals surface area contributed by atoms with Crippen LogP contribution in [0.4, 0.5) is 0 Å². The zero-order chi connectivity index (χ0) is 14.5. The zero-order valence-electron chi connectivity index (χ0n) is 12.4. The molecule has 2 aromatic rings. The minimum Gasteiger partial charge on any atom is -0.361 e. The molecule has 0 radical (unpaired) electrons. The summed E-state index contributed by atoms with van der Waals surface area (Å²) in [4.78, 5) is 15.1. The van der Waals surface area contributed by atoms with Crippen LogP contribution < -0.4 is 10.6 Å². The van der Waals surface area contributed by atoms with Crippen molar-refractivity contribution in [1.82, 2.24) is 15.6 Å². The maximum absolute atomic E-state index is 11.9. The Morgan fingerprint density at radius 3 is 2.80 bits per heavy atom. The highest BCUT2D eigenvalue weighted by molar-refractivity contribution is 5.83. The van der Waals surface area contributed by atoms with Crippen LogP contribution in [0.2, 0.25) is 0 Å². The lowest BCUT2D eigenvalue weighted by Crippen LogP contribution is -2.42. The van der Waals surface area contributed by atoms with E-state index in [2.05, 4.69) is 47.7 Å². The van der Waals surface area contributed by atoms with E-state index in [1.165, 1.54) is 10.9 Å². The zero-order valence-corrected chi connectivity index (χ0v) is 12.4. The molecular formula is C16H23N3O. The van der Waals surface area contributed by atoms with Gasteiger partial charge in [0.2, 0.25) is 5.91 Å². The van der Waals surface area contributed by atoms with Gasteiger partial charge in [-0.05, 0) is 30.5 Å². The maximum atomic E-state index is 11.9. The number of aromatic nitrogens is 1. The Labute approximate surface area is 120 Å². The average Bonchev–Trinajstić information content (AvgIpc) is 2.90. The van der Waals surface area contributed by atoms with Gasteiger partial charge in [-0.2, -0.15) is 0 Å². The Morgan fingerprint density at radius 1 is 1.25 bits per heavy atom. The molecule has 4 nitrogen and oxygen atoms in total. The summed E-state index contributed by atoms with van der Waals surface area (Å²) in [7, 11) is 0. The minimum absolute atomic E-state index is 0.0555. The molecule has 0 saturated carbocycles. The summed E-state index contributed by atoms with van der Waals surface area (Å²) in [6, 6.07) is 8.04. The Morgan fingerprint density at radius 2 is 2.05 bits per heavy atom. The van der Waals surface area contributed by atoms with Crippen molar-refractivity contribution in [2.24, 2.45) is 5.92 Å². The number of hydrogen-bond acceptors (Lipinski definition) is 2. The molecule has 0 saturated heterocycles. The molecule has 0 aliphatic rings. The summed E-state index contributed by atoms with van der Waals surface area (Å²) in [6.45, 7) is 7.48. The van der Waals surface area contributed by atoms with Gasteiger partial charge in [0.1, 0.15) is 0 Å². The van der Waals surface area contributed by atoms with Gasteiger partial charge in [-0.15, -0.1) is 0 Å². The standard InChI is InChI=1S/C16H23N3O/c1-11(2)9-19-16(20)12(3)18-10-13-5-4-6-15-14(13)7-8-17-15/h4-8,11-12,17-18H,9-10H2,1-3H3,(H,19,20). The minimum atomic E-state index is -0.192. The van der Waals surface area contributed by atoms with Gasteiger partial charge in [0.25, 0.3) is 0 Å². The van der Waals surface area contributed by atoms with Crippen molar-refractivity contribution in [2.45, 2.75) is 33.4 Å². The van der Waals surface area contributed by atoms with Crippen LogP contribution in [-0.2, 0) is 11.3 Å². The molecule has 2 rings (SSSR count). The van der Waals surface area contributed by atoms with Crippen molar-refractivity contribution in [2.75, 3.05) is 6.54 Å². The number of aromatic amines is 1. The number of H-pyrrole nitrogens is 1. The van der Waals surface area contributed by atoms with Gasteiger partial charge in [-0.1, -0.05) is 26.0 Å². The topological polar surface area (TPSA) is 56.9 Å². The van der Waals surface area contributed by atoms with E-state index in [4.69, 9.17) is 0 Å². The molecule has 1 amide bonds. The van der Waals surface area contributed by atoms with Gasteiger partial charge in [0.05, 0.1) is 6.04 Å². The molecule has 1 unspecified atom stereocenters. The third kappa shape index (κ3) is 3.61. The second kappa shape index (κ2) is 6.57. The maximum Gasteiger partial charge on any atom is 0.236 e. The monoisotopic (exact) mass is 273 g/mol. The van der Waals surface area contributed by atoms with Crippen molar-refractivity contribution >= 4 is 16.8 Å². The Bertz CT molecular complexity index is 574. The van der Waals surface area contributed by atoms with Crippen LogP contribution in [0.15, 0.2) is 30.5 Å². The number of carbonyl (C=O) groups excluding carboxylic acids is 1. The lowest BCUT2D eigenvalue weighted by atomic mass is 10.1. The largest absolute Gasteiger partial charge is 0.361 e. The van der Waals surface area contributed by atoms with Crippen molar-refractivity contribution in [1.29, 1.82) is 0 Å². The van der Waals surface area contributed by atoms with E-state index < -0.39 is 0 Å². The first-order valence-electron chi connectivity index (χ1n) is 7.14. The number of hydrogen-bond donors (Lipinski definition) is 3. The smallest absolute Gasteiger partial charge is 0.236 e.